The Kier molecular flexibility index (Phi) is 4.32. The van der Waals surface area contributed by atoms with Crippen LogP contribution in [-0.2, 0) is 6.61 Å². The summed E-state index contributed by atoms with van der Waals surface area (Å²) in [5.41, 5.74) is 1.58. The summed E-state index contributed by atoms with van der Waals surface area (Å²) in [4.78, 5) is 20.2. The molecule has 5 nitrogen and oxygen atoms in total. The summed E-state index contributed by atoms with van der Waals surface area (Å²) in [6.45, 7) is 2.48. The number of nitrogens with zero attached hydrogens (tertiary/aromatic N) is 2. The van der Waals surface area contributed by atoms with Crippen LogP contribution in [0.25, 0.3) is 0 Å². The molecule has 5 heteroatoms. The van der Waals surface area contributed by atoms with E-state index in [0.29, 0.717) is 24.0 Å². The number of nitrogens with one attached hydrogen (secondary N) is 1. The third kappa shape index (κ3) is 3.81. The van der Waals surface area contributed by atoms with Crippen molar-refractivity contribution in [2.75, 3.05) is 0 Å². The Labute approximate surface area is 129 Å². The molecule has 1 amide bonds. The van der Waals surface area contributed by atoms with E-state index in [1.165, 1.54) is 12.8 Å². The van der Waals surface area contributed by atoms with E-state index >= 15 is 0 Å². The molecule has 0 aliphatic heterocycles. The normalized spacial score (nSPS) is 15.1. The summed E-state index contributed by atoms with van der Waals surface area (Å²) in [7, 11) is 0. The lowest BCUT2D eigenvalue weighted by atomic mass is 10.2. The van der Waals surface area contributed by atoms with E-state index in [9.17, 15) is 4.79 Å². The maximum absolute atomic E-state index is 12.1. The van der Waals surface area contributed by atoms with Gasteiger partial charge in [-0.2, -0.15) is 0 Å². The zero-order valence-corrected chi connectivity index (χ0v) is 12.5. The van der Waals surface area contributed by atoms with Crippen LogP contribution in [0.4, 0.5) is 0 Å². The van der Waals surface area contributed by atoms with Gasteiger partial charge < -0.3 is 10.1 Å². The van der Waals surface area contributed by atoms with Gasteiger partial charge in [0.1, 0.15) is 6.61 Å². The molecule has 1 fully saturated rings. The maximum Gasteiger partial charge on any atom is 0.253 e. The van der Waals surface area contributed by atoms with Gasteiger partial charge in [0.25, 0.3) is 5.91 Å². The molecule has 2 aromatic heterocycles. The third-order valence-electron chi connectivity index (χ3n) is 3.82. The summed E-state index contributed by atoms with van der Waals surface area (Å²) >= 11 is 0. The van der Waals surface area contributed by atoms with Gasteiger partial charge in [0.05, 0.1) is 5.56 Å². The molecule has 0 aromatic carbocycles. The number of pyridine rings is 2. The number of ether oxygens (including phenoxy) is 1. The van der Waals surface area contributed by atoms with Crippen molar-refractivity contribution in [3.63, 3.8) is 0 Å². The van der Waals surface area contributed by atoms with Gasteiger partial charge in [-0.25, -0.2) is 4.98 Å². The first-order valence-corrected chi connectivity index (χ1v) is 7.51. The first-order valence-electron chi connectivity index (χ1n) is 7.51. The molecule has 3 rings (SSSR count). The van der Waals surface area contributed by atoms with Gasteiger partial charge in [-0.05, 0) is 49.4 Å². The molecule has 0 unspecified atom stereocenters. The van der Waals surface area contributed by atoms with Crippen LogP contribution in [0.1, 0.15) is 35.7 Å². The standard InChI is InChI=1S/C17H19N3O2/c1-12(14-2-3-14)20-17(21)15-4-5-16(19-10-15)22-11-13-6-8-18-9-7-13/h4-10,12,14H,2-3,11H2,1H3,(H,20,21)/t12-/m1/s1. The average molecular weight is 297 g/mol. The summed E-state index contributed by atoms with van der Waals surface area (Å²) in [6, 6.07) is 7.47. The Hall–Kier alpha value is -2.43. The molecule has 0 bridgehead atoms. The molecule has 1 N–H and O–H groups in total. The first kappa shape index (κ1) is 14.5. The molecule has 0 saturated heterocycles. The van der Waals surface area contributed by atoms with Crippen LogP contribution in [-0.4, -0.2) is 21.9 Å². The predicted molar refractivity (Wildman–Crippen MR) is 82.5 cm³/mol. The molecule has 1 atom stereocenters. The monoisotopic (exact) mass is 297 g/mol. The van der Waals surface area contributed by atoms with Gasteiger partial charge in [-0.3, -0.25) is 9.78 Å². The second-order valence-electron chi connectivity index (χ2n) is 5.63. The lowest BCUT2D eigenvalue weighted by Gasteiger charge is -2.12. The van der Waals surface area contributed by atoms with E-state index in [-0.39, 0.29) is 11.9 Å². The quantitative estimate of drug-likeness (QED) is 0.890. The van der Waals surface area contributed by atoms with Crippen molar-refractivity contribution >= 4 is 5.91 Å². The molecule has 1 saturated carbocycles. The van der Waals surface area contributed by atoms with E-state index in [1.807, 2.05) is 12.1 Å². The number of hydrogen-bond acceptors (Lipinski definition) is 4. The van der Waals surface area contributed by atoms with Gasteiger partial charge in [-0.1, -0.05) is 0 Å². The van der Waals surface area contributed by atoms with E-state index in [0.717, 1.165) is 5.56 Å². The minimum atomic E-state index is -0.0763. The fraction of sp³-hybridized carbons (Fsp3) is 0.353. The second-order valence-corrected chi connectivity index (χ2v) is 5.63. The van der Waals surface area contributed by atoms with Crippen LogP contribution in [0.2, 0.25) is 0 Å². The number of carbonyl (C=O) groups is 1. The summed E-state index contributed by atoms with van der Waals surface area (Å²) in [6.07, 6.45) is 7.42. The molecule has 2 heterocycles. The van der Waals surface area contributed by atoms with Gasteiger partial charge in [0, 0.05) is 30.7 Å². The van der Waals surface area contributed by atoms with Crippen LogP contribution >= 0.6 is 0 Å². The molecule has 1 aliphatic rings. The van der Waals surface area contributed by atoms with Crippen LogP contribution in [0.3, 0.4) is 0 Å². The first-order chi connectivity index (χ1) is 10.7. The van der Waals surface area contributed by atoms with Crippen LogP contribution in [0, 0.1) is 5.92 Å². The number of rotatable bonds is 6. The molecule has 0 spiro atoms. The Morgan fingerprint density at radius 1 is 1.32 bits per heavy atom. The van der Waals surface area contributed by atoms with E-state index in [2.05, 4.69) is 22.2 Å². The largest absolute Gasteiger partial charge is 0.473 e. The lowest BCUT2D eigenvalue weighted by molar-refractivity contribution is 0.0935. The minimum absolute atomic E-state index is 0.0763. The second kappa shape index (κ2) is 6.56. The number of hydrogen-bond donors (Lipinski definition) is 1. The zero-order valence-electron chi connectivity index (χ0n) is 12.5. The van der Waals surface area contributed by atoms with E-state index in [4.69, 9.17) is 4.74 Å². The highest BCUT2D eigenvalue weighted by Crippen LogP contribution is 2.32. The molecule has 114 valence electrons. The number of aromatic nitrogens is 2. The minimum Gasteiger partial charge on any atom is -0.473 e. The van der Waals surface area contributed by atoms with Crippen LogP contribution in [0.15, 0.2) is 42.9 Å². The molecular weight excluding hydrogens is 278 g/mol. The van der Waals surface area contributed by atoms with Crippen molar-refractivity contribution in [2.24, 2.45) is 5.92 Å². The highest BCUT2D eigenvalue weighted by molar-refractivity contribution is 5.94. The Balaban J connectivity index is 1.54. The number of carbonyl (C=O) groups excluding carboxylic acids is 1. The lowest BCUT2D eigenvalue weighted by Crippen LogP contribution is -2.34. The van der Waals surface area contributed by atoms with Crippen molar-refractivity contribution in [1.29, 1.82) is 0 Å². The van der Waals surface area contributed by atoms with Gasteiger partial charge >= 0.3 is 0 Å². The molecule has 2 aromatic rings. The Morgan fingerprint density at radius 3 is 2.73 bits per heavy atom. The van der Waals surface area contributed by atoms with Gasteiger partial charge in [0.15, 0.2) is 0 Å². The predicted octanol–water partition coefficient (Wildman–Crippen LogP) is 2.58. The van der Waals surface area contributed by atoms with Crippen molar-refractivity contribution < 1.29 is 9.53 Å². The topological polar surface area (TPSA) is 64.1 Å². The molecule has 0 radical (unpaired) electrons. The fourth-order valence-electron chi connectivity index (χ4n) is 2.24. The average Bonchev–Trinajstić information content (AvgIpc) is 3.39. The Bertz CT molecular complexity index is 624. The SMILES string of the molecule is C[C@@H](NC(=O)c1ccc(OCc2ccncc2)nc1)C1CC1. The van der Waals surface area contributed by atoms with Crippen LogP contribution in [0.5, 0.6) is 5.88 Å². The van der Waals surface area contributed by atoms with E-state index < -0.39 is 0 Å². The number of amides is 1. The Morgan fingerprint density at radius 2 is 2.09 bits per heavy atom. The summed E-state index contributed by atoms with van der Waals surface area (Å²) in [5, 5.41) is 3.01. The van der Waals surface area contributed by atoms with Gasteiger partial charge in [0.2, 0.25) is 5.88 Å². The van der Waals surface area contributed by atoms with Crippen molar-refractivity contribution in [3.8, 4) is 5.88 Å². The molecule has 1 aliphatic carbocycles. The van der Waals surface area contributed by atoms with Crippen LogP contribution < -0.4 is 10.1 Å². The van der Waals surface area contributed by atoms with Crippen molar-refractivity contribution in [2.45, 2.75) is 32.4 Å². The highest BCUT2D eigenvalue weighted by atomic mass is 16.5. The summed E-state index contributed by atoms with van der Waals surface area (Å²) in [5.74, 6) is 1.07. The molecule has 22 heavy (non-hydrogen) atoms. The molecular formula is C17H19N3O2. The maximum atomic E-state index is 12.1. The highest BCUT2D eigenvalue weighted by Gasteiger charge is 2.29. The smallest absolute Gasteiger partial charge is 0.253 e. The van der Waals surface area contributed by atoms with Gasteiger partial charge in [-0.15, -0.1) is 0 Å². The third-order valence-corrected chi connectivity index (χ3v) is 3.82. The zero-order chi connectivity index (χ0) is 15.4. The van der Waals surface area contributed by atoms with Crippen molar-refractivity contribution in [1.82, 2.24) is 15.3 Å². The fourth-order valence-corrected chi connectivity index (χ4v) is 2.24. The van der Waals surface area contributed by atoms with Crippen molar-refractivity contribution in [3.05, 3.63) is 54.0 Å². The summed E-state index contributed by atoms with van der Waals surface area (Å²) < 4.78 is 5.59. The van der Waals surface area contributed by atoms with E-state index in [1.54, 1.807) is 30.7 Å².